The van der Waals surface area contributed by atoms with Crippen LogP contribution in [0.15, 0.2) is 229 Å². The largest absolute Gasteiger partial charge is 0.454 e. The van der Waals surface area contributed by atoms with E-state index in [-0.39, 0.29) is 11.8 Å². The summed E-state index contributed by atoms with van der Waals surface area (Å²) in [5.74, 6) is 2.14. The van der Waals surface area contributed by atoms with E-state index >= 15 is 0 Å². The Morgan fingerprint density at radius 3 is 1.74 bits per heavy atom. The van der Waals surface area contributed by atoms with Crippen LogP contribution in [-0.4, -0.2) is 19.5 Å². The zero-order valence-electron chi connectivity index (χ0n) is 36.8. The molecule has 2 aliphatic rings. The van der Waals surface area contributed by atoms with Crippen molar-refractivity contribution in [2.45, 2.75) is 5.92 Å². The van der Waals surface area contributed by atoms with Crippen molar-refractivity contribution in [1.82, 2.24) is 19.5 Å². The number of hydrogen-bond donors (Lipinski definition) is 0. The number of aromatic nitrogens is 4. The normalized spacial score (nSPS) is 15.3. The second-order valence-electron chi connectivity index (χ2n) is 17.9. The molecule has 0 saturated heterocycles. The molecule has 5 nitrogen and oxygen atoms in total. The molecule has 5 heteroatoms. The lowest BCUT2D eigenvalue weighted by atomic mass is 9.72. The van der Waals surface area contributed by atoms with E-state index in [1.807, 2.05) is 6.07 Å². The lowest BCUT2D eigenvalue weighted by molar-refractivity contribution is 0.665. The van der Waals surface area contributed by atoms with Crippen LogP contribution in [-0.2, 0) is 0 Å². The smallest absolute Gasteiger partial charge is 0.164 e. The number of fused-ring (bicyclic) bond motifs is 10. The van der Waals surface area contributed by atoms with Crippen LogP contribution in [0.4, 0.5) is 0 Å². The Labute approximate surface area is 392 Å². The number of rotatable bonds is 6. The quantitative estimate of drug-likeness (QED) is 0.167. The SMILES string of the molecule is C1=CC2C(c3ccccc3)=Cc3c(c4cc(-c5ccccc5)ccc4n3-c3cccc4c3oc3cccc(-c5nc(-c6ccc7ccccc7c6)nc(-c6ccc7ccccc7c6)n5)c34)C2C=C1. The van der Waals surface area contributed by atoms with Gasteiger partial charge in [-0.1, -0.05) is 188 Å². The first-order valence-electron chi connectivity index (χ1n) is 23.3. The van der Waals surface area contributed by atoms with Gasteiger partial charge in [0.1, 0.15) is 5.58 Å². The Balaban J connectivity index is 1.01. The summed E-state index contributed by atoms with van der Waals surface area (Å²) in [5.41, 5.74) is 13.8. The van der Waals surface area contributed by atoms with Crippen LogP contribution in [0.3, 0.4) is 0 Å². The summed E-state index contributed by atoms with van der Waals surface area (Å²) >= 11 is 0. The number of para-hydroxylation sites is 1. The molecular formula is C63H40N4O. The number of allylic oxidation sites excluding steroid dienone is 5. The van der Waals surface area contributed by atoms with Crippen molar-refractivity contribution >= 4 is 66.0 Å². The molecule has 3 aromatic heterocycles. The standard InChI is InChI=1S/C63H40N4O/c1-3-15-39(16-4-1)45-33-34-54-53(37-45)58-49-24-12-11-23-48(49)52(42-19-5-2-6-20-42)38-56(58)67(54)55-27-13-25-50-59-51(26-14-28-57(59)68-60(50)55)63-65-61(46-31-29-40-17-7-9-21-43(40)35-46)64-62(66-63)47-32-30-41-18-8-10-22-44(41)36-47/h1-38,48-49H. The van der Waals surface area contributed by atoms with E-state index in [2.05, 4.69) is 229 Å². The van der Waals surface area contributed by atoms with Gasteiger partial charge in [-0.15, -0.1) is 0 Å². The van der Waals surface area contributed by atoms with Gasteiger partial charge in [-0.2, -0.15) is 0 Å². The average Bonchev–Trinajstić information content (AvgIpc) is 3.96. The van der Waals surface area contributed by atoms with Crippen molar-refractivity contribution in [3.05, 3.63) is 241 Å². The third-order valence-corrected chi connectivity index (χ3v) is 14.0. The molecule has 12 aromatic rings. The van der Waals surface area contributed by atoms with E-state index in [0.717, 1.165) is 77.1 Å². The van der Waals surface area contributed by atoms with Crippen LogP contribution in [0, 0.1) is 5.92 Å². The van der Waals surface area contributed by atoms with Crippen molar-refractivity contribution in [2.75, 3.05) is 0 Å². The minimum atomic E-state index is 0.142. The lowest BCUT2D eigenvalue weighted by Gasteiger charge is -2.32. The van der Waals surface area contributed by atoms with Crippen LogP contribution in [0.25, 0.3) is 117 Å². The predicted molar refractivity (Wildman–Crippen MR) is 280 cm³/mol. The maximum absolute atomic E-state index is 7.11. The Bertz CT molecular complexity index is 4000. The molecule has 2 aliphatic carbocycles. The van der Waals surface area contributed by atoms with Crippen molar-refractivity contribution < 1.29 is 4.42 Å². The molecule has 14 rings (SSSR count). The number of hydrogen-bond acceptors (Lipinski definition) is 4. The molecule has 0 bridgehead atoms. The molecule has 0 radical (unpaired) electrons. The van der Waals surface area contributed by atoms with Gasteiger partial charge in [-0.05, 0) is 91.8 Å². The fourth-order valence-corrected chi connectivity index (χ4v) is 10.8. The maximum atomic E-state index is 7.11. The lowest BCUT2D eigenvalue weighted by Crippen LogP contribution is -2.18. The van der Waals surface area contributed by atoms with Crippen molar-refractivity contribution in [2.24, 2.45) is 5.92 Å². The summed E-state index contributed by atoms with van der Waals surface area (Å²) in [6.45, 7) is 0. The third-order valence-electron chi connectivity index (χ3n) is 14.0. The molecule has 2 atom stereocenters. The van der Waals surface area contributed by atoms with E-state index < -0.39 is 0 Å². The molecule has 68 heavy (non-hydrogen) atoms. The molecule has 0 saturated carbocycles. The van der Waals surface area contributed by atoms with Gasteiger partial charge >= 0.3 is 0 Å². The first-order chi connectivity index (χ1) is 33.7. The number of benzene rings is 9. The van der Waals surface area contributed by atoms with Crippen molar-refractivity contribution in [1.29, 1.82) is 0 Å². The van der Waals surface area contributed by atoms with E-state index in [0.29, 0.717) is 17.5 Å². The summed E-state index contributed by atoms with van der Waals surface area (Å²) < 4.78 is 9.55. The Morgan fingerprint density at radius 1 is 0.426 bits per heavy atom. The van der Waals surface area contributed by atoms with Crippen LogP contribution in [0.2, 0.25) is 0 Å². The molecule has 2 unspecified atom stereocenters. The Hall–Kier alpha value is -8.93. The summed E-state index contributed by atoms with van der Waals surface area (Å²) in [6.07, 6.45) is 11.6. The highest BCUT2D eigenvalue weighted by atomic mass is 16.3. The predicted octanol–water partition coefficient (Wildman–Crippen LogP) is 16.1. The van der Waals surface area contributed by atoms with Gasteiger partial charge in [-0.25, -0.2) is 15.0 Å². The van der Waals surface area contributed by atoms with Crippen LogP contribution < -0.4 is 0 Å². The zero-order valence-corrected chi connectivity index (χ0v) is 36.8. The van der Waals surface area contributed by atoms with E-state index in [4.69, 9.17) is 19.4 Å². The summed E-state index contributed by atoms with van der Waals surface area (Å²) in [4.78, 5) is 15.8. The van der Waals surface area contributed by atoms with Crippen LogP contribution in [0.1, 0.15) is 22.7 Å². The zero-order chi connectivity index (χ0) is 44.7. The molecule has 0 aliphatic heterocycles. The third kappa shape index (κ3) is 6.13. The monoisotopic (exact) mass is 868 g/mol. The second kappa shape index (κ2) is 15.3. The van der Waals surface area contributed by atoms with Gasteiger partial charge in [0.15, 0.2) is 23.1 Å². The average molecular weight is 869 g/mol. The summed E-state index contributed by atoms with van der Waals surface area (Å²) in [7, 11) is 0. The molecule has 0 spiro atoms. The fraction of sp³-hybridized carbons (Fsp3) is 0.0317. The van der Waals surface area contributed by atoms with Gasteiger partial charge in [0.2, 0.25) is 0 Å². The maximum Gasteiger partial charge on any atom is 0.164 e. The van der Waals surface area contributed by atoms with Gasteiger partial charge in [0, 0.05) is 44.7 Å². The minimum Gasteiger partial charge on any atom is -0.454 e. The highest BCUT2D eigenvalue weighted by Crippen LogP contribution is 2.51. The fourth-order valence-electron chi connectivity index (χ4n) is 10.8. The van der Waals surface area contributed by atoms with E-state index in [1.165, 1.54) is 33.2 Å². The molecular weight excluding hydrogens is 829 g/mol. The second-order valence-corrected chi connectivity index (χ2v) is 17.9. The molecule has 0 fully saturated rings. The first kappa shape index (κ1) is 38.3. The highest BCUT2D eigenvalue weighted by Gasteiger charge is 2.35. The van der Waals surface area contributed by atoms with Gasteiger partial charge < -0.3 is 8.98 Å². The molecule has 0 N–H and O–H groups in total. The number of nitrogens with zero attached hydrogens (tertiary/aromatic N) is 4. The van der Waals surface area contributed by atoms with Crippen molar-refractivity contribution in [3.8, 4) is 51.0 Å². The van der Waals surface area contributed by atoms with Crippen molar-refractivity contribution in [3.63, 3.8) is 0 Å². The van der Waals surface area contributed by atoms with Crippen LogP contribution in [0.5, 0.6) is 0 Å². The molecule has 0 amide bonds. The van der Waals surface area contributed by atoms with Crippen LogP contribution >= 0.6 is 0 Å². The van der Waals surface area contributed by atoms with E-state index in [9.17, 15) is 0 Å². The van der Waals surface area contributed by atoms with Gasteiger partial charge in [0.05, 0.1) is 16.9 Å². The molecule has 318 valence electrons. The van der Waals surface area contributed by atoms with Gasteiger partial charge in [-0.3, -0.25) is 0 Å². The van der Waals surface area contributed by atoms with Gasteiger partial charge in [0.25, 0.3) is 0 Å². The molecule has 3 heterocycles. The first-order valence-corrected chi connectivity index (χ1v) is 23.3. The number of furan rings is 1. The highest BCUT2D eigenvalue weighted by molar-refractivity contribution is 6.14. The summed E-state index contributed by atoms with van der Waals surface area (Å²) in [5, 5.41) is 7.77. The Morgan fingerprint density at radius 2 is 1.03 bits per heavy atom. The summed E-state index contributed by atoms with van der Waals surface area (Å²) in [6, 6.07) is 70.9. The Kier molecular flexibility index (Phi) is 8.65. The topological polar surface area (TPSA) is 56.7 Å². The van der Waals surface area contributed by atoms with E-state index in [1.54, 1.807) is 0 Å². The molecule has 9 aromatic carbocycles. The minimum absolute atomic E-state index is 0.142.